The summed E-state index contributed by atoms with van der Waals surface area (Å²) >= 11 is 0. The number of carbonyl (C=O) groups excluding carboxylic acids is 2. The van der Waals surface area contributed by atoms with E-state index >= 15 is 0 Å². The van der Waals surface area contributed by atoms with Crippen molar-refractivity contribution in [2.75, 3.05) is 31.5 Å². The zero-order chi connectivity index (χ0) is 17.1. The highest BCUT2D eigenvalue weighted by atomic mass is 16.5. The highest BCUT2D eigenvalue weighted by Gasteiger charge is 2.23. The molecule has 0 unspecified atom stereocenters. The van der Waals surface area contributed by atoms with Crippen molar-refractivity contribution in [2.24, 2.45) is 0 Å². The van der Waals surface area contributed by atoms with Gasteiger partial charge >= 0.3 is 0 Å². The van der Waals surface area contributed by atoms with Crippen LogP contribution in [0.5, 0.6) is 0 Å². The minimum Gasteiger partial charge on any atom is -0.360 e. The van der Waals surface area contributed by atoms with Crippen LogP contribution >= 0.6 is 0 Å². The number of rotatable bonds is 3. The molecule has 0 spiro atoms. The van der Waals surface area contributed by atoms with Crippen LogP contribution in [0.1, 0.15) is 23.0 Å². The maximum absolute atomic E-state index is 12.6. The summed E-state index contributed by atoms with van der Waals surface area (Å²) in [4.78, 5) is 31.6. The molecule has 1 saturated heterocycles. The van der Waals surface area contributed by atoms with Gasteiger partial charge in [0.05, 0.1) is 17.4 Å². The van der Waals surface area contributed by atoms with Crippen LogP contribution in [0, 0.1) is 6.92 Å². The predicted octanol–water partition coefficient (Wildman–Crippen LogP) is 1.43. The second kappa shape index (κ2) is 6.69. The molecule has 2 aromatic heterocycles. The summed E-state index contributed by atoms with van der Waals surface area (Å²) in [6, 6.07) is 3.49. The molecule has 8 nitrogen and oxygen atoms in total. The molecule has 2 amide bonds. The number of hydrogen-bond donors (Lipinski definition) is 1. The molecule has 1 aliphatic rings. The van der Waals surface area contributed by atoms with Crippen molar-refractivity contribution in [3.8, 4) is 0 Å². The number of hydrogen-bond acceptors (Lipinski definition) is 6. The van der Waals surface area contributed by atoms with Crippen LogP contribution < -0.4 is 5.32 Å². The highest BCUT2D eigenvalue weighted by molar-refractivity contribution is 5.95. The van der Waals surface area contributed by atoms with Gasteiger partial charge in [0.2, 0.25) is 5.91 Å². The molecule has 3 rings (SSSR count). The Balaban J connectivity index is 1.67. The van der Waals surface area contributed by atoms with Crippen LogP contribution in [-0.2, 0) is 4.79 Å². The molecule has 0 atom stereocenters. The number of pyridine rings is 1. The molecular weight excluding hydrogens is 310 g/mol. The van der Waals surface area contributed by atoms with E-state index in [-0.39, 0.29) is 11.8 Å². The Hall–Kier alpha value is -2.90. The van der Waals surface area contributed by atoms with Crippen molar-refractivity contribution in [3.63, 3.8) is 0 Å². The Labute approximate surface area is 139 Å². The molecule has 1 fully saturated rings. The number of nitrogens with one attached hydrogen (secondary N) is 1. The first kappa shape index (κ1) is 16.0. The molecule has 2 aromatic rings. The molecule has 0 aliphatic carbocycles. The zero-order valence-electron chi connectivity index (χ0n) is 13.7. The SMILES string of the molecule is CC(=O)N1CCN(C(=O)c2cncc(Nc3cc(C)on3)c2)CC1. The lowest BCUT2D eigenvalue weighted by atomic mass is 10.2. The van der Waals surface area contributed by atoms with E-state index in [4.69, 9.17) is 4.52 Å². The van der Waals surface area contributed by atoms with Crippen molar-refractivity contribution < 1.29 is 14.1 Å². The zero-order valence-corrected chi connectivity index (χ0v) is 13.7. The summed E-state index contributed by atoms with van der Waals surface area (Å²) < 4.78 is 5.00. The molecule has 0 saturated carbocycles. The molecule has 1 aliphatic heterocycles. The van der Waals surface area contributed by atoms with Crippen LogP contribution in [0.3, 0.4) is 0 Å². The summed E-state index contributed by atoms with van der Waals surface area (Å²) in [5.74, 6) is 1.21. The first-order valence-electron chi connectivity index (χ1n) is 7.73. The number of piperazine rings is 1. The second-order valence-electron chi connectivity index (χ2n) is 5.71. The third-order valence-corrected chi connectivity index (χ3v) is 3.90. The van der Waals surface area contributed by atoms with Crippen LogP contribution in [0.4, 0.5) is 11.5 Å². The summed E-state index contributed by atoms with van der Waals surface area (Å²) in [5, 5.41) is 6.91. The van der Waals surface area contributed by atoms with Gasteiger partial charge in [-0.05, 0) is 13.0 Å². The van der Waals surface area contributed by atoms with Gasteiger partial charge < -0.3 is 19.6 Å². The van der Waals surface area contributed by atoms with Gasteiger partial charge in [-0.25, -0.2) is 0 Å². The normalized spacial score (nSPS) is 14.6. The lowest BCUT2D eigenvalue weighted by Crippen LogP contribution is -2.50. The summed E-state index contributed by atoms with van der Waals surface area (Å²) in [7, 11) is 0. The second-order valence-corrected chi connectivity index (χ2v) is 5.71. The fourth-order valence-corrected chi connectivity index (χ4v) is 2.61. The lowest BCUT2D eigenvalue weighted by Gasteiger charge is -2.34. The van der Waals surface area contributed by atoms with Crippen LogP contribution in [-0.4, -0.2) is 57.9 Å². The Morgan fingerprint density at radius 3 is 2.46 bits per heavy atom. The van der Waals surface area contributed by atoms with E-state index in [0.29, 0.717) is 49.0 Å². The molecule has 0 aromatic carbocycles. The van der Waals surface area contributed by atoms with Gasteiger partial charge in [0.15, 0.2) is 5.82 Å². The standard InChI is InChI=1S/C16H19N5O3/c1-11-7-15(19-24-11)18-14-8-13(9-17-10-14)16(23)21-5-3-20(4-6-21)12(2)22/h7-10H,3-6H2,1-2H3,(H,18,19). The van der Waals surface area contributed by atoms with Gasteiger partial charge in [0.1, 0.15) is 5.76 Å². The number of carbonyl (C=O) groups is 2. The van der Waals surface area contributed by atoms with Gasteiger partial charge in [0, 0.05) is 45.4 Å². The van der Waals surface area contributed by atoms with Crippen molar-refractivity contribution in [2.45, 2.75) is 13.8 Å². The fraction of sp³-hybridized carbons (Fsp3) is 0.375. The Morgan fingerprint density at radius 1 is 1.12 bits per heavy atom. The summed E-state index contributed by atoms with van der Waals surface area (Å²) in [6.07, 6.45) is 3.16. The molecular formula is C16H19N5O3. The average Bonchev–Trinajstić information content (AvgIpc) is 2.99. The van der Waals surface area contributed by atoms with E-state index in [0.717, 1.165) is 0 Å². The molecule has 24 heavy (non-hydrogen) atoms. The third-order valence-electron chi connectivity index (χ3n) is 3.90. The number of nitrogens with zero attached hydrogens (tertiary/aromatic N) is 4. The molecule has 0 bridgehead atoms. The first-order valence-corrected chi connectivity index (χ1v) is 7.73. The maximum atomic E-state index is 12.6. The topological polar surface area (TPSA) is 91.6 Å². The fourth-order valence-electron chi connectivity index (χ4n) is 2.61. The summed E-state index contributed by atoms with van der Waals surface area (Å²) in [6.45, 7) is 5.52. The smallest absolute Gasteiger partial charge is 0.255 e. The van der Waals surface area contributed by atoms with Crippen molar-refractivity contribution in [1.82, 2.24) is 19.9 Å². The lowest BCUT2D eigenvalue weighted by molar-refractivity contribution is -0.130. The van der Waals surface area contributed by atoms with Crippen LogP contribution in [0.2, 0.25) is 0 Å². The van der Waals surface area contributed by atoms with Crippen molar-refractivity contribution in [1.29, 1.82) is 0 Å². The largest absolute Gasteiger partial charge is 0.360 e. The molecule has 1 N–H and O–H groups in total. The molecule has 8 heteroatoms. The molecule has 0 radical (unpaired) electrons. The van der Waals surface area contributed by atoms with Crippen molar-refractivity contribution >= 4 is 23.3 Å². The Kier molecular flexibility index (Phi) is 4.45. The number of aromatic nitrogens is 2. The minimum atomic E-state index is -0.0920. The first-order chi connectivity index (χ1) is 11.5. The maximum Gasteiger partial charge on any atom is 0.255 e. The number of aryl methyl sites for hydroxylation is 1. The monoisotopic (exact) mass is 329 g/mol. The molecule has 3 heterocycles. The predicted molar refractivity (Wildman–Crippen MR) is 86.9 cm³/mol. The van der Waals surface area contributed by atoms with Gasteiger partial charge in [0.25, 0.3) is 5.91 Å². The van der Waals surface area contributed by atoms with Crippen LogP contribution in [0.15, 0.2) is 29.0 Å². The van der Waals surface area contributed by atoms with E-state index in [1.54, 1.807) is 48.2 Å². The minimum absolute atomic E-state index is 0.0397. The average molecular weight is 329 g/mol. The van der Waals surface area contributed by atoms with Crippen LogP contribution in [0.25, 0.3) is 0 Å². The van der Waals surface area contributed by atoms with E-state index < -0.39 is 0 Å². The van der Waals surface area contributed by atoms with E-state index in [2.05, 4.69) is 15.5 Å². The van der Waals surface area contributed by atoms with Gasteiger partial charge in [-0.2, -0.15) is 0 Å². The van der Waals surface area contributed by atoms with Gasteiger partial charge in [-0.1, -0.05) is 5.16 Å². The van der Waals surface area contributed by atoms with Crippen molar-refractivity contribution in [3.05, 3.63) is 35.9 Å². The van der Waals surface area contributed by atoms with Gasteiger partial charge in [-0.15, -0.1) is 0 Å². The number of amides is 2. The Morgan fingerprint density at radius 2 is 1.83 bits per heavy atom. The third kappa shape index (κ3) is 3.53. The highest BCUT2D eigenvalue weighted by Crippen LogP contribution is 2.17. The van der Waals surface area contributed by atoms with E-state index in [1.165, 1.54) is 0 Å². The number of anilines is 2. The summed E-state index contributed by atoms with van der Waals surface area (Å²) in [5.41, 5.74) is 1.16. The van der Waals surface area contributed by atoms with E-state index in [9.17, 15) is 9.59 Å². The molecule has 126 valence electrons. The quantitative estimate of drug-likeness (QED) is 0.916. The van der Waals surface area contributed by atoms with Gasteiger partial charge in [-0.3, -0.25) is 14.6 Å². The Bertz CT molecular complexity index is 750. The van der Waals surface area contributed by atoms with E-state index in [1.807, 2.05) is 0 Å².